The van der Waals surface area contributed by atoms with Gasteiger partial charge in [-0.15, -0.1) is 0 Å². The quantitative estimate of drug-likeness (QED) is 0.849. The molecule has 0 saturated heterocycles. The van der Waals surface area contributed by atoms with E-state index < -0.39 is 5.41 Å². The standard InChI is InChI=1S/C20H28N2O/c1-15(2)14-20(19(21)23,12-13-22(3)4)18-11-7-9-16-8-5-6-10-17(16)18/h5-11,15H,12-14H2,1-4H3,(H2,21,23). The Kier molecular flexibility index (Phi) is 5.42. The predicted molar refractivity (Wildman–Crippen MR) is 97.4 cm³/mol. The fourth-order valence-corrected chi connectivity index (χ4v) is 3.46. The van der Waals surface area contributed by atoms with Crippen LogP contribution < -0.4 is 5.73 Å². The zero-order chi connectivity index (χ0) is 17.0. The molecule has 0 fully saturated rings. The number of carbonyl (C=O) groups is 1. The Balaban J connectivity index is 2.64. The van der Waals surface area contributed by atoms with Crippen molar-refractivity contribution in [3.63, 3.8) is 0 Å². The van der Waals surface area contributed by atoms with Gasteiger partial charge in [-0.05, 0) is 55.7 Å². The van der Waals surface area contributed by atoms with E-state index in [1.807, 2.05) is 32.3 Å². The van der Waals surface area contributed by atoms with Crippen LogP contribution >= 0.6 is 0 Å². The summed E-state index contributed by atoms with van der Waals surface area (Å²) in [6.45, 7) is 5.13. The Morgan fingerprint density at radius 1 is 1.13 bits per heavy atom. The minimum Gasteiger partial charge on any atom is -0.369 e. The molecule has 0 heterocycles. The highest BCUT2D eigenvalue weighted by atomic mass is 16.1. The van der Waals surface area contributed by atoms with Gasteiger partial charge in [0.25, 0.3) is 0 Å². The summed E-state index contributed by atoms with van der Waals surface area (Å²) in [6, 6.07) is 14.4. The Labute approximate surface area is 139 Å². The van der Waals surface area contributed by atoms with E-state index in [0.29, 0.717) is 5.92 Å². The number of hydrogen-bond acceptors (Lipinski definition) is 2. The summed E-state index contributed by atoms with van der Waals surface area (Å²) < 4.78 is 0. The van der Waals surface area contributed by atoms with Crippen LogP contribution in [0.3, 0.4) is 0 Å². The normalized spacial score (nSPS) is 14.3. The smallest absolute Gasteiger partial charge is 0.228 e. The van der Waals surface area contributed by atoms with Crippen LogP contribution in [0.25, 0.3) is 10.8 Å². The predicted octanol–water partition coefficient (Wildman–Crippen LogP) is 3.56. The van der Waals surface area contributed by atoms with Gasteiger partial charge in [-0.2, -0.15) is 0 Å². The van der Waals surface area contributed by atoms with Crippen molar-refractivity contribution >= 4 is 16.7 Å². The monoisotopic (exact) mass is 312 g/mol. The molecule has 2 aromatic carbocycles. The van der Waals surface area contributed by atoms with Crippen LogP contribution in [-0.4, -0.2) is 31.4 Å². The first kappa shape index (κ1) is 17.5. The van der Waals surface area contributed by atoms with Crippen molar-refractivity contribution in [3.05, 3.63) is 48.0 Å². The van der Waals surface area contributed by atoms with E-state index in [4.69, 9.17) is 5.73 Å². The van der Waals surface area contributed by atoms with Gasteiger partial charge in [-0.3, -0.25) is 4.79 Å². The third-order valence-electron chi connectivity index (χ3n) is 4.52. The van der Waals surface area contributed by atoms with Crippen molar-refractivity contribution in [2.24, 2.45) is 11.7 Å². The zero-order valence-electron chi connectivity index (χ0n) is 14.7. The Morgan fingerprint density at radius 2 is 1.78 bits per heavy atom. The highest BCUT2D eigenvalue weighted by Gasteiger charge is 2.39. The van der Waals surface area contributed by atoms with Gasteiger partial charge in [-0.25, -0.2) is 0 Å². The average Bonchev–Trinajstić information content (AvgIpc) is 2.50. The number of benzene rings is 2. The fraction of sp³-hybridized carbons (Fsp3) is 0.450. The van der Waals surface area contributed by atoms with Crippen LogP contribution in [0.5, 0.6) is 0 Å². The molecule has 3 heteroatoms. The van der Waals surface area contributed by atoms with E-state index in [9.17, 15) is 4.79 Å². The molecular weight excluding hydrogens is 284 g/mol. The molecule has 0 aliphatic heterocycles. The van der Waals surface area contributed by atoms with Gasteiger partial charge in [-0.1, -0.05) is 56.3 Å². The van der Waals surface area contributed by atoms with E-state index in [0.717, 1.165) is 35.7 Å². The molecule has 0 aromatic heterocycles. The number of nitrogens with two attached hydrogens (primary N) is 1. The number of amides is 1. The van der Waals surface area contributed by atoms with Gasteiger partial charge >= 0.3 is 0 Å². The van der Waals surface area contributed by atoms with Crippen molar-refractivity contribution in [1.29, 1.82) is 0 Å². The maximum Gasteiger partial charge on any atom is 0.228 e. The molecule has 0 aliphatic carbocycles. The molecule has 1 amide bonds. The summed E-state index contributed by atoms with van der Waals surface area (Å²) in [5.74, 6) is 0.174. The topological polar surface area (TPSA) is 46.3 Å². The van der Waals surface area contributed by atoms with Gasteiger partial charge in [0.15, 0.2) is 0 Å². The van der Waals surface area contributed by atoms with E-state index >= 15 is 0 Å². The minimum atomic E-state index is -0.626. The van der Waals surface area contributed by atoms with Crippen LogP contribution in [0.4, 0.5) is 0 Å². The molecule has 0 radical (unpaired) electrons. The second-order valence-corrected chi connectivity index (χ2v) is 7.12. The molecule has 0 aliphatic rings. The molecule has 2 aromatic rings. The fourth-order valence-electron chi connectivity index (χ4n) is 3.46. The van der Waals surface area contributed by atoms with Crippen LogP contribution in [0, 0.1) is 5.92 Å². The molecule has 23 heavy (non-hydrogen) atoms. The molecule has 2 N–H and O–H groups in total. The van der Waals surface area contributed by atoms with Crippen molar-refractivity contribution in [2.45, 2.75) is 32.1 Å². The molecule has 1 atom stereocenters. The van der Waals surface area contributed by atoms with Gasteiger partial charge in [0, 0.05) is 0 Å². The molecule has 124 valence electrons. The molecule has 0 bridgehead atoms. The SMILES string of the molecule is CC(C)CC(CCN(C)C)(C(N)=O)c1cccc2ccccc12. The first-order valence-electron chi connectivity index (χ1n) is 8.29. The Hall–Kier alpha value is -1.87. The van der Waals surface area contributed by atoms with Gasteiger partial charge < -0.3 is 10.6 Å². The Morgan fingerprint density at radius 3 is 2.39 bits per heavy atom. The van der Waals surface area contributed by atoms with Crippen molar-refractivity contribution < 1.29 is 4.79 Å². The van der Waals surface area contributed by atoms with E-state index in [-0.39, 0.29) is 5.91 Å². The summed E-state index contributed by atoms with van der Waals surface area (Å²) in [5.41, 5.74) is 6.41. The molecule has 1 unspecified atom stereocenters. The lowest BCUT2D eigenvalue weighted by Gasteiger charge is -2.35. The van der Waals surface area contributed by atoms with Crippen LogP contribution in [0.2, 0.25) is 0 Å². The van der Waals surface area contributed by atoms with E-state index in [1.165, 1.54) is 0 Å². The number of rotatable bonds is 7. The van der Waals surface area contributed by atoms with Crippen molar-refractivity contribution in [2.75, 3.05) is 20.6 Å². The first-order valence-corrected chi connectivity index (χ1v) is 8.29. The maximum atomic E-state index is 12.6. The lowest BCUT2D eigenvalue weighted by atomic mass is 9.70. The number of nitrogens with zero attached hydrogens (tertiary/aromatic N) is 1. The molecule has 0 spiro atoms. The second kappa shape index (κ2) is 7.14. The Bertz CT molecular complexity index is 673. The number of fused-ring (bicyclic) bond motifs is 1. The highest BCUT2D eigenvalue weighted by Crippen LogP contribution is 2.38. The molecule has 0 saturated carbocycles. The summed E-state index contributed by atoms with van der Waals surface area (Å²) >= 11 is 0. The first-order chi connectivity index (χ1) is 10.9. The number of hydrogen-bond donors (Lipinski definition) is 1. The van der Waals surface area contributed by atoms with Crippen molar-refractivity contribution in [1.82, 2.24) is 4.90 Å². The number of carbonyl (C=O) groups excluding carboxylic acids is 1. The molecule has 3 nitrogen and oxygen atoms in total. The van der Waals surface area contributed by atoms with Crippen LogP contribution in [-0.2, 0) is 10.2 Å². The lowest BCUT2D eigenvalue weighted by molar-refractivity contribution is -0.124. The second-order valence-electron chi connectivity index (χ2n) is 7.12. The zero-order valence-corrected chi connectivity index (χ0v) is 14.7. The largest absolute Gasteiger partial charge is 0.369 e. The van der Waals surface area contributed by atoms with Crippen molar-refractivity contribution in [3.8, 4) is 0 Å². The summed E-state index contributed by atoms with van der Waals surface area (Å²) in [5, 5.41) is 2.29. The third-order valence-corrected chi connectivity index (χ3v) is 4.52. The number of primary amides is 1. The van der Waals surface area contributed by atoms with Gasteiger partial charge in [0.05, 0.1) is 5.41 Å². The lowest BCUT2D eigenvalue weighted by Crippen LogP contribution is -2.44. The molecule has 2 rings (SSSR count). The molecular formula is C20H28N2O. The summed E-state index contributed by atoms with van der Waals surface area (Å²) in [4.78, 5) is 14.7. The summed E-state index contributed by atoms with van der Waals surface area (Å²) in [7, 11) is 4.06. The summed E-state index contributed by atoms with van der Waals surface area (Å²) in [6.07, 6.45) is 1.51. The van der Waals surface area contributed by atoms with Crippen LogP contribution in [0.15, 0.2) is 42.5 Å². The van der Waals surface area contributed by atoms with Crippen LogP contribution in [0.1, 0.15) is 32.3 Å². The van der Waals surface area contributed by atoms with E-state index in [1.54, 1.807) is 0 Å². The minimum absolute atomic E-state index is 0.218. The highest BCUT2D eigenvalue weighted by molar-refractivity contribution is 5.95. The average molecular weight is 312 g/mol. The third kappa shape index (κ3) is 3.73. The maximum absolute atomic E-state index is 12.6. The van der Waals surface area contributed by atoms with Gasteiger partial charge in [0.2, 0.25) is 5.91 Å². The van der Waals surface area contributed by atoms with Gasteiger partial charge in [0.1, 0.15) is 0 Å². The van der Waals surface area contributed by atoms with E-state index in [2.05, 4.69) is 43.0 Å².